The Balaban J connectivity index is 1.63. The topological polar surface area (TPSA) is 56.3 Å². The number of nitrogens with one attached hydrogen (secondary N) is 1. The number of rotatable bonds is 8. The molecule has 0 aliphatic rings. The highest BCUT2D eigenvalue weighted by molar-refractivity contribution is 5.96. The summed E-state index contributed by atoms with van der Waals surface area (Å²) in [5, 5.41) is 4.24. The first kappa shape index (κ1) is 20.6. The molecule has 5 nitrogen and oxygen atoms in total. The van der Waals surface area contributed by atoms with Gasteiger partial charge in [-0.05, 0) is 59.5 Å². The van der Waals surface area contributed by atoms with Crippen molar-refractivity contribution < 1.29 is 13.9 Å². The van der Waals surface area contributed by atoms with E-state index in [1.165, 1.54) is 18.5 Å². The summed E-state index contributed by atoms with van der Waals surface area (Å²) in [6.07, 6.45) is 2.50. The van der Waals surface area contributed by atoms with E-state index in [2.05, 4.69) is 22.2 Å². The van der Waals surface area contributed by atoms with E-state index in [9.17, 15) is 4.39 Å². The molecule has 31 heavy (non-hydrogen) atoms. The molecule has 0 fully saturated rings. The number of benzene rings is 3. The van der Waals surface area contributed by atoms with Crippen molar-refractivity contribution in [1.29, 1.82) is 0 Å². The van der Waals surface area contributed by atoms with Gasteiger partial charge < -0.3 is 14.8 Å². The maximum atomic E-state index is 13.4. The minimum Gasteiger partial charge on any atom is -0.494 e. The first-order valence-electron chi connectivity index (χ1n) is 10.2. The van der Waals surface area contributed by atoms with Crippen LogP contribution in [0.25, 0.3) is 22.0 Å². The highest BCUT2D eigenvalue weighted by Gasteiger charge is 2.12. The number of methoxy groups -OCH3 is 1. The van der Waals surface area contributed by atoms with E-state index >= 15 is 0 Å². The maximum Gasteiger partial charge on any atom is 0.145 e. The summed E-state index contributed by atoms with van der Waals surface area (Å²) < 4.78 is 24.6. The van der Waals surface area contributed by atoms with E-state index in [0.717, 1.165) is 34.2 Å². The first-order chi connectivity index (χ1) is 15.2. The van der Waals surface area contributed by atoms with Gasteiger partial charge in [0.05, 0.1) is 13.7 Å². The van der Waals surface area contributed by atoms with Crippen LogP contribution in [0.1, 0.15) is 18.9 Å². The van der Waals surface area contributed by atoms with E-state index in [4.69, 9.17) is 9.47 Å². The third-order valence-corrected chi connectivity index (χ3v) is 4.96. The van der Waals surface area contributed by atoms with Gasteiger partial charge >= 0.3 is 0 Å². The fourth-order valence-corrected chi connectivity index (χ4v) is 3.35. The zero-order chi connectivity index (χ0) is 21.6. The smallest absolute Gasteiger partial charge is 0.145 e. The van der Waals surface area contributed by atoms with E-state index in [1.54, 1.807) is 19.2 Å². The molecule has 0 saturated heterocycles. The van der Waals surface area contributed by atoms with Crippen LogP contribution in [0.5, 0.6) is 11.5 Å². The predicted molar refractivity (Wildman–Crippen MR) is 121 cm³/mol. The Morgan fingerprint density at radius 1 is 0.935 bits per heavy atom. The molecule has 1 N–H and O–H groups in total. The number of anilines is 1. The van der Waals surface area contributed by atoms with Crippen LogP contribution in [-0.2, 0) is 6.54 Å². The molecule has 0 aliphatic carbocycles. The predicted octanol–water partition coefficient (Wildman–Crippen LogP) is 5.85. The van der Waals surface area contributed by atoms with Crippen LogP contribution in [-0.4, -0.2) is 23.7 Å². The van der Waals surface area contributed by atoms with Crippen molar-refractivity contribution in [2.75, 3.05) is 19.0 Å². The largest absolute Gasteiger partial charge is 0.494 e. The summed E-state index contributed by atoms with van der Waals surface area (Å²) in [6.45, 7) is 3.40. The van der Waals surface area contributed by atoms with Crippen molar-refractivity contribution in [3.8, 4) is 22.6 Å². The summed E-state index contributed by atoms with van der Waals surface area (Å²) in [5.41, 5.74) is 3.62. The Morgan fingerprint density at radius 3 is 2.42 bits per heavy atom. The number of nitrogens with zero attached hydrogens (tertiary/aromatic N) is 2. The van der Waals surface area contributed by atoms with E-state index in [1.807, 2.05) is 36.4 Å². The highest BCUT2D eigenvalue weighted by atomic mass is 19.1. The van der Waals surface area contributed by atoms with Crippen LogP contribution in [0.2, 0.25) is 0 Å². The monoisotopic (exact) mass is 417 g/mol. The number of hydrogen-bond donors (Lipinski definition) is 1. The Kier molecular flexibility index (Phi) is 6.26. The van der Waals surface area contributed by atoms with Crippen molar-refractivity contribution in [2.24, 2.45) is 0 Å². The van der Waals surface area contributed by atoms with E-state index in [0.29, 0.717) is 30.2 Å². The van der Waals surface area contributed by atoms with Gasteiger partial charge in [-0.1, -0.05) is 31.2 Å². The highest BCUT2D eigenvalue weighted by Crippen LogP contribution is 2.34. The normalized spacial score (nSPS) is 10.8. The molecule has 0 amide bonds. The molecule has 6 heteroatoms. The van der Waals surface area contributed by atoms with Gasteiger partial charge in [0.2, 0.25) is 0 Å². The molecular formula is C25H24FN3O2. The lowest BCUT2D eigenvalue weighted by atomic mass is 10.0. The molecule has 0 spiro atoms. The molecule has 0 bridgehead atoms. The van der Waals surface area contributed by atoms with Crippen LogP contribution in [0.3, 0.4) is 0 Å². The quantitative estimate of drug-likeness (QED) is 0.390. The molecule has 0 aliphatic heterocycles. The molecule has 4 aromatic rings. The average Bonchev–Trinajstić information content (AvgIpc) is 2.81. The lowest BCUT2D eigenvalue weighted by molar-refractivity contribution is 0.317. The first-order valence-corrected chi connectivity index (χ1v) is 10.2. The average molecular weight is 417 g/mol. The summed E-state index contributed by atoms with van der Waals surface area (Å²) in [5.74, 6) is 1.94. The Morgan fingerprint density at radius 2 is 1.71 bits per heavy atom. The fraction of sp³-hybridized carbons (Fsp3) is 0.200. The van der Waals surface area contributed by atoms with Gasteiger partial charge in [-0.2, -0.15) is 0 Å². The fourth-order valence-electron chi connectivity index (χ4n) is 3.35. The second kappa shape index (κ2) is 9.43. The zero-order valence-corrected chi connectivity index (χ0v) is 17.6. The van der Waals surface area contributed by atoms with E-state index in [-0.39, 0.29) is 5.82 Å². The molecule has 0 radical (unpaired) electrons. The Labute approximate surface area is 180 Å². The zero-order valence-electron chi connectivity index (χ0n) is 17.6. The van der Waals surface area contributed by atoms with Crippen molar-refractivity contribution >= 4 is 16.7 Å². The summed E-state index contributed by atoms with van der Waals surface area (Å²) in [6, 6.07) is 18.3. The molecule has 1 aromatic heterocycles. The number of halogens is 1. The molecule has 0 atom stereocenters. The van der Waals surface area contributed by atoms with Gasteiger partial charge in [0.1, 0.15) is 35.0 Å². The minimum absolute atomic E-state index is 0.270. The molecule has 0 unspecified atom stereocenters. The van der Waals surface area contributed by atoms with Gasteiger partial charge in [-0.3, -0.25) is 0 Å². The third-order valence-electron chi connectivity index (χ3n) is 4.96. The molecular weight excluding hydrogens is 393 g/mol. The molecule has 3 aromatic carbocycles. The summed E-state index contributed by atoms with van der Waals surface area (Å²) >= 11 is 0. The van der Waals surface area contributed by atoms with Crippen molar-refractivity contribution in [3.05, 3.63) is 78.4 Å². The number of ether oxygens (including phenoxy) is 2. The van der Waals surface area contributed by atoms with Gasteiger partial charge in [-0.15, -0.1) is 0 Å². The molecule has 1 heterocycles. The van der Waals surface area contributed by atoms with Gasteiger partial charge in [0.15, 0.2) is 0 Å². The van der Waals surface area contributed by atoms with Crippen LogP contribution in [0.4, 0.5) is 10.2 Å². The van der Waals surface area contributed by atoms with Crippen molar-refractivity contribution in [3.63, 3.8) is 0 Å². The molecule has 4 rings (SSSR count). The molecule has 158 valence electrons. The number of fused-ring (bicyclic) bond motifs is 1. The minimum atomic E-state index is -0.270. The summed E-state index contributed by atoms with van der Waals surface area (Å²) in [7, 11) is 1.61. The van der Waals surface area contributed by atoms with Gasteiger partial charge in [0.25, 0.3) is 0 Å². The number of aromatic nitrogens is 2. The Hall–Kier alpha value is -3.67. The lowest BCUT2D eigenvalue weighted by Crippen LogP contribution is -2.03. The van der Waals surface area contributed by atoms with Crippen LogP contribution in [0, 0.1) is 5.82 Å². The van der Waals surface area contributed by atoms with Crippen LogP contribution in [0.15, 0.2) is 67.0 Å². The second-order valence-electron chi connectivity index (χ2n) is 7.15. The Bertz CT molecular complexity index is 1160. The third kappa shape index (κ3) is 4.74. The van der Waals surface area contributed by atoms with Gasteiger partial charge in [-0.25, -0.2) is 14.4 Å². The summed E-state index contributed by atoms with van der Waals surface area (Å²) in [4.78, 5) is 8.85. The maximum absolute atomic E-state index is 13.4. The van der Waals surface area contributed by atoms with Gasteiger partial charge in [0, 0.05) is 11.9 Å². The van der Waals surface area contributed by atoms with Crippen LogP contribution < -0.4 is 14.8 Å². The van der Waals surface area contributed by atoms with Crippen molar-refractivity contribution in [1.82, 2.24) is 9.97 Å². The second-order valence-corrected chi connectivity index (χ2v) is 7.15. The van der Waals surface area contributed by atoms with E-state index < -0.39 is 0 Å². The standard InChI is InChI=1S/C25H24FN3O2/c1-3-12-31-21-10-4-17(5-11-21)15-27-25-22-13-19(18-6-8-20(26)9-7-18)14-23(30-2)24(22)28-16-29-25/h4-11,13-14,16H,3,12,15H2,1-2H3,(H,27,28,29). The van der Waals surface area contributed by atoms with Crippen LogP contribution >= 0.6 is 0 Å². The lowest BCUT2D eigenvalue weighted by Gasteiger charge is -2.13. The SMILES string of the molecule is CCCOc1ccc(CNc2ncnc3c(OC)cc(-c4ccc(F)cc4)cc23)cc1. The van der Waals surface area contributed by atoms with Crippen molar-refractivity contribution in [2.45, 2.75) is 19.9 Å². The number of hydrogen-bond acceptors (Lipinski definition) is 5. The molecule has 0 saturated carbocycles.